The van der Waals surface area contributed by atoms with Crippen molar-refractivity contribution in [1.29, 1.82) is 5.26 Å². The minimum Gasteiger partial charge on any atom is -0.453 e. The lowest BCUT2D eigenvalue weighted by molar-refractivity contribution is 0.282. The fraction of sp³-hybridized carbons (Fsp3) is 0.0588. The van der Waals surface area contributed by atoms with Gasteiger partial charge < -0.3 is 9.84 Å². The molecular weight excluding hydrogens is 278 g/mol. The Morgan fingerprint density at radius 1 is 1.18 bits per heavy atom. The quantitative estimate of drug-likeness (QED) is 0.773. The van der Waals surface area contributed by atoms with Crippen LogP contribution in [-0.4, -0.2) is 15.3 Å². The first kappa shape index (κ1) is 13.9. The highest BCUT2D eigenvalue weighted by Crippen LogP contribution is 2.31. The maximum absolute atomic E-state index is 9.23. The van der Waals surface area contributed by atoms with Crippen LogP contribution in [0.25, 0.3) is 11.3 Å². The van der Waals surface area contributed by atoms with E-state index in [2.05, 4.69) is 16.3 Å². The van der Waals surface area contributed by atoms with E-state index in [0.29, 0.717) is 17.1 Å². The first-order chi connectivity index (χ1) is 10.8. The van der Waals surface area contributed by atoms with Crippen LogP contribution in [0.4, 0.5) is 0 Å². The van der Waals surface area contributed by atoms with E-state index in [1.165, 1.54) is 0 Å². The molecule has 0 radical (unpaired) electrons. The molecule has 0 bridgehead atoms. The van der Waals surface area contributed by atoms with Crippen LogP contribution in [0.3, 0.4) is 0 Å². The van der Waals surface area contributed by atoms with Crippen molar-refractivity contribution in [1.82, 2.24) is 10.2 Å². The summed E-state index contributed by atoms with van der Waals surface area (Å²) in [5, 5.41) is 25.0. The Balaban J connectivity index is 1.89. The number of nitriles is 1. The highest BCUT2D eigenvalue weighted by molar-refractivity contribution is 5.66. The molecule has 0 spiro atoms. The summed E-state index contributed by atoms with van der Waals surface area (Å²) in [7, 11) is 0. The third-order valence-electron chi connectivity index (χ3n) is 3.21. The van der Waals surface area contributed by atoms with Gasteiger partial charge in [-0.1, -0.05) is 18.2 Å². The lowest BCUT2D eigenvalue weighted by atomic mass is 10.1. The number of ether oxygens (including phenoxy) is 1. The molecule has 0 aliphatic carbocycles. The smallest absolute Gasteiger partial charge is 0.172 e. The highest BCUT2D eigenvalue weighted by Gasteiger charge is 2.10. The first-order valence-electron chi connectivity index (χ1n) is 6.71. The number of rotatable bonds is 4. The molecule has 5 heteroatoms. The van der Waals surface area contributed by atoms with Crippen LogP contribution in [0.1, 0.15) is 11.1 Å². The number of hydrogen-bond acceptors (Lipinski definition) is 4. The molecule has 0 atom stereocenters. The molecule has 0 saturated heterocycles. The first-order valence-corrected chi connectivity index (χ1v) is 6.71. The number of aliphatic hydroxyl groups excluding tert-OH is 1. The summed E-state index contributed by atoms with van der Waals surface area (Å²) >= 11 is 0. The average Bonchev–Trinajstić information content (AvgIpc) is 3.04. The fourth-order valence-corrected chi connectivity index (χ4v) is 2.11. The second-order valence-electron chi connectivity index (χ2n) is 4.71. The summed E-state index contributed by atoms with van der Waals surface area (Å²) in [5.74, 6) is 1.21. The van der Waals surface area contributed by atoms with Crippen molar-refractivity contribution in [3.8, 4) is 28.8 Å². The summed E-state index contributed by atoms with van der Waals surface area (Å²) in [6.45, 7) is -0.0201. The van der Waals surface area contributed by atoms with Crippen molar-refractivity contribution in [2.75, 3.05) is 0 Å². The molecule has 3 rings (SSSR count). The Hall–Kier alpha value is -3.10. The van der Waals surface area contributed by atoms with E-state index in [1.54, 1.807) is 30.5 Å². The van der Waals surface area contributed by atoms with Gasteiger partial charge in [-0.2, -0.15) is 10.4 Å². The van der Waals surface area contributed by atoms with E-state index in [0.717, 1.165) is 16.8 Å². The molecule has 0 aliphatic rings. The predicted molar refractivity (Wildman–Crippen MR) is 81.2 cm³/mol. The molecule has 22 heavy (non-hydrogen) atoms. The monoisotopic (exact) mass is 291 g/mol. The minimum absolute atomic E-state index is 0.0201. The molecule has 5 nitrogen and oxygen atoms in total. The van der Waals surface area contributed by atoms with Crippen molar-refractivity contribution in [2.45, 2.75) is 6.61 Å². The Morgan fingerprint density at radius 3 is 2.73 bits per heavy atom. The van der Waals surface area contributed by atoms with Crippen molar-refractivity contribution < 1.29 is 9.84 Å². The summed E-state index contributed by atoms with van der Waals surface area (Å²) in [6, 6.07) is 16.4. The predicted octanol–water partition coefficient (Wildman–Crippen LogP) is 3.23. The number of hydrogen-bond donors (Lipinski definition) is 2. The van der Waals surface area contributed by atoms with E-state index >= 15 is 0 Å². The molecule has 2 N–H and O–H groups in total. The Morgan fingerprint density at radius 2 is 2.00 bits per heavy atom. The van der Waals surface area contributed by atoms with E-state index < -0.39 is 0 Å². The Kier molecular flexibility index (Phi) is 3.86. The van der Waals surface area contributed by atoms with E-state index in [1.807, 2.05) is 24.3 Å². The second kappa shape index (κ2) is 6.12. The van der Waals surface area contributed by atoms with E-state index in [4.69, 9.17) is 10.00 Å². The topological polar surface area (TPSA) is 81.9 Å². The van der Waals surface area contributed by atoms with Gasteiger partial charge in [-0.25, -0.2) is 0 Å². The highest BCUT2D eigenvalue weighted by atomic mass is 16.5. The summed E-state index contributed by atoms with van der Waals surface area (Å²) in [4.78, 5) is 0. The van der Waals surface area contributed by atoms with Gasteiger partial charge in [0.2, 0.25) is 0 Å². The van der Waals surface area contributed by atoms with Crippen molar-refractivity contribution in [2.24, 2.45) is 0 Å². The van der Waals surface area contributed by atoms with Crippen LogP contribution < -0.4 is 4.74 Å². The van der Waals surface area contributed by atoms with Gasteiger partial charge in [0, 0.05) is 5.56 Å². The number of aromatic amines is 1. The molecule has 0 amide bonds. The molecular formula is C17H13N3O2. The summed E-state index contributed by atoms with van der Waals surface area (Å²) < 4.78 is 5.81. The zero-order valence-corrected chi connectivity index (χ0v) is 11.7. The van der Waals surface area contributed by atoms with Gasteiger partial charge in [-0.05, 0) is 35.9 Å². The third kappa shape index (κ3) is 2.82. The van der Waals surface area contributed by atoms with Gasteiger partial charge in [0.15, 0.2) is 5.75 Å². The molecule has 0 fully saturated rings. The van der Waals surface area contributed by atoms with Crippen LogP contribution in [0.15, 0.2) is 54.7 Å². The molecule has 3 aromatic rings. The summed E-state index contributed by atoms with van der Waals surface area (Å²) in [5.41, 5.74) is 3.01. The van der Waals surface area contributed by atoms with E-state index in [9.17, 15) is 5.11 Å². The molecule has 1 heterocycles. The van der Waals surface area contributed by atoms with Crippen LogP contribution in [-0.2, 0) is 6.61 Å². The number of nitrogens with one attached hydrogen (secondary N) is 1. The molecule has 1 aromatic heterocycles. The fourth-order valence-electron chi connectivity index (χ4n) is 2.11. The van der Waals surface area contributed by atoms with Gasteiger partial charge >= 0.3 is 0 Å². The van der Waals surface area contributed by atoms with Crippen LogP contribution in [0.5, 0.6) is 11.5 Å². The maximum atomic E-state index is 9.23. The number of nitrogens with zero attached hydrogens (tertiary/aromatic N) is 2. The second-order valence-corrected chi connectivity index (χ2v) is 4.71. The number of aromatic nitrogens is 2. The number of H-pyrrole nitrogens is 1. The van der Waals surface area contributed by atoms with Crippen LogP contribution in [0.2, 0.25) is 0 Å². The maximum Gasteiger partial charge on any atom is 0.172 e. The van der Waals surface area contributed by atoms with Crippen molar-refractivity contribution in [3.05, 3.63) is 65.9 Å². The van der Waals surface area contributed by atoms with Crippen LogP contribution >= 0.6 is 0 Å². The van der Waals surface area contributed by atoms with E-state index in [-0.39, 0.29) is 6.61 Å². The molecule has 2 aromatic carbocycles. The molecule has 0 aliphatic heterocycles. The van der Waals surface area contributed by atoms with Gasteiger partial charge in [-0.3, -0.25) is 5.10 Å². The largest absolute Gasteiger partial charge is 0.453 e. The Bertz CT molecular complexity index is 816. The zero-order chi connectivity index (χ0) is 15.4. The Labute approximate surface area is 127 Å². The lowest BCUT2D eigenvalue weighted by Gasteiger charge is -2.07. The number of aliphatic hydroxyl groups is 1. The molecule has 0 unspecified atom stereocenters. The molecule has 0 saturated carbocycles. The normalized spacial score (nSPS) is 10.2. The molecule has 108 valence electrons. The average molecular weight is 291 g/mol. The summed E-state index contributed by atoms with van der Waals surface area (Å²) in [6.07, 6.45) is 1.60. The van der Waals surface area contributed by atoms with Crippen molar-refractivity contribution in [3.63, 3.8) is 0 Å². The van der Waals surface area contributed by atoms with Gasteiger partial charge in [0.05, 0.1) is 24.4 Å². The standard InChI is InChI=1S/C17H13N3O2/c18-9-12-4-6-15(7-5-12)22-16-10-19-20-17(16)14-3-1-2-13(8-14)11-21/h1-8,10,21H,11H2,(H,19,20). The SMILES string of the molecule is N#Cc1ccc(Oc2cn[nH]c2-c2cccc(CO)c2)cc1. The third-order valence-corrected chi connectivity index (χ3v) is 3.21. The van der Waals surface area contributed by atoms with Crippen molar-refractivity contribution >= 4 is 0 Å². The minimum atomic E-state index is -0.0201. The van der Waals surface area contributed by atoms with Crippen LogP contribution in [0, 0.1) is 11.3 Å². The van der Waals surface area contributed by atoms with Gasteiger partial charge in [-0.15, -0.1) is 0 Å². The van der Waals surface area contributed by atoms with Gasteiger partial charge in [0.1, 0.15) is 11.4 Å². The van der Waals surface area contributed by atoms with Gasteiger partial charge in [0.25, 0.3) is 0 Å². The lowest BCUT2D eigenvalue weighted by Crippen LogP contribution is -1.88. The zero-order valence-electron chi connectivity index (χ0n) is 11.7. The number of benzene rings is 2.